The summed E-state index contributed by atoms with van der Waals surface area (Å²) >= 11 is 1.61. The first-order valence-electron chi connectivity index (χ1n) is 11.2. The van der Waals surface area contributed by atoms with Gasteiger partial charge in [-0.25, -0.2) is 4.98 Å². The van der Waals surface area contributed by atoms with Crippen LogP contribution in [0.1, 0.15) is 73.9 Å². The molecule has 2 aliphatic carbocycles. The van der Waals surface area contributed by atoms with Gasteiger partial charge in [0.15, 0.2) is 5.13 Å². The fourth-order valence-electron chi connectivity index (χ4n) is 4.60. The molecule has 0 N–H and O–H groups in total. The smallest absolute Gasteiger partial charge is 0.225 e. The lowest BCUT2D eigenvalue weighted by Gasteiger charge is -2.31. The predicted octanol–water partition coefficient (Wildman–Crippen LogP) is 5.15. The van der Waals surface area contributed by atoms with Crippen molar-refractivity contribution in [2.45, 2.75) is 84.0 Å². The molecule has 5 rings (SSSR count). The number of carbonyl (C=O) groups excluding carboxylic acids is 1. The molecule has 30 heavy (non-hydrogen) atoms. The molecule has 2 aromatic rings. The van der Waals surface area contributed by atoms with Gasteiger partial charge in [0, 0.05) is 42.5 Å². The maximum atomic E-state index is 12.1. The van der Waals surface area contributed by atoms with Crippen LogP contribution in [0.15, 0.2) is 17.5 Å². The van der Waals surface area contributed by atoms with Gasteiger partial charge in [-0.15, -0.1) is 11.3 Å². The summed E-state index contributed by atoms with van der Waals surface area (Å²) in [7, 11) is 0. The number of aromatic nitrogens is 1. The van der Waals surface area contributed by atoms with Crippen LogP contribution in [0, 0.1) is 13.8 Å². The highest BCUT2D eigenvalue weighted by atomic mass is 32.1. The van der Waals surface area contributed by atoms with Gasteiger partial charge in [0.25, 0.3) is 0 Å². The van der Waals surface area contributed by atoms with Gasteiger partial charge in [-0.05, 0) is 69.6 Å². The minimum Gasteiger partial charge on any atom is -0.493 e. The molecule has 1 atom stereocenters. The van der Waals surface area contributed by atoms with Gasteiger partial charge in [0.05, 0.1) is 12.3 Å². The topological polar surface area (TPSA) is 45.7 Å². The van der Waals surface area contributed by atoms with Crippen molar-refractivity contribution >= 4 is 22.4 Å². The van der Waals surface area contributed by atoms with Crippen molar-refractivity contribution in [1.29, 1.82) is 0 Å². The van der Waals surface area contributed by atoms with E-state index in [9.17, 15) is 4.79 Å². The van der Waals surface area contributed by atoms with Gasteiger partial charge in [0.2, 0.25) is 5.91 Å². The molecular formula is C24H31N3O2S. The molecule has 3 aliphatic rings. The largest absolute Gasteiger partial charge is 0.493 e. The number of aryl methyl sites for hydroxylation is 2. The molecule has 0 bridgehead atoms. The highest BCUT2D eigenvalue weighted by Crippen LogP contribution is 2.43. The van der Waals surface area contributed by atoms with Crippen molar-refractivity contribution in [2.24, 2.45) is 0 Å². The van der Waals surface area contributed by atoms with Gasteiger partial charge in [-0.3, -0.25) is 14.6 Å². The lowest BCUT2D eigenvalue weighted by molar-refractivity contribution is -0.116. The van der Waals surface area contributed by atoms with Crippen LogP contribution in [-0.4, -0.2) is 34.5 Å². The van der Waals surface area contributed by atoms with E-state index in [0.29, 0.717) is 18.1 Å². The number of amides is 1. The SMILES string of the molecule is CC(=O)N(c1nc(CN(C2CC2)C2CCCOc3cc(C)c(C)cc32)cs1)C1CC1. The number of fused-ring (bicyclic) bond motifs is 1. The van der Waals surface area contributed by atoms with Crippen LogP contribution in [0.5, 0.6) is 5.75 Å². The molecule has 1 aliphatic heterocycles. The lowest BCUT2D eigenvalue weighted by atomic mass is 9.96. The van der Waals surface area contributed by atoms with E-state index >= 15 is 0 Å². The van der Waals surface area contributed by atoms with E-state index in [1.165, 1.54) is 29.5 Å². The van der Waals surface area contributed by atoms with E-state index in [4.69, 9.17) is 9.72 Å². The lowest BCUT2D eigenvalue weighted by Crippen LogP contribution is -2.32. The normalized spacial score (nSPS) is 21.1. The van der Waals surface area contributed by atoms with Crippen LogP contribution in [0.4, 0.5) is 5.13 Å². The quantitative estimate of drug-likeness (QED) is 0.642. The summed E-state index contributed by atoms with van der Waals surface area (Å²) in [6.07, 6.45) is 6.90. The monoisotopic (exact) mass is 425 g/mol. The molecule has 1 unspecified atom stereocenters. The minimum atomic E-state index is 0.109. The average molecular weight is 426 g/mol. The maximum absolute atomic E-state index is 12.1. The Balaban J connectivity index is 1.42. The van der Waals surface area contributed by atoms with Crippen LogP contribution < -0.4 is 9.64 Å². The summed E-state index contributed by atoms with van der Waals surface area (Å²) < 4.78 is 6.13. The Hall–Kier alpha value is -1.92. The Labute approximate surface area is 183 Å². The highest BCUT2D eigenvalue weighted by Gasteiger charge is 2.38. The van der Waals surface area contributed by atoms with Gasteiger partial charge in [-0.2, -0.15) is 0 Å². The van der Waals surface area contributed by atoms with Gasteiger partial charge >= 0.3 is 0 Å². The molecule has 2 heterocycles. The van der Waals surface area contributed by atoms with E-state index in [1.807, 2.05) is 4.90 Å². The van der Waals surface area contributed by atoms with Crippen molar-refractivity contribution in [2.75, 3.05) is 11.5 Å². The number of ether oxygens (including phenoxy) is 1. The first-order chi connectivity index (χ1) is 14.5. The summed E-state index contributed by atoms with van der Waals surface area (Å²) in [5.41, 5.74) is 5.05. The second-order valence-electron chi connectivity index (χ2n) is 9.13. The summed E-state index contributed by atoms with van der Waals surface area (Å²) in [6.45, 7) is 7.65. The fraction of sp³-hybridized carbons (Fsp3) is 0.583. The van der Waals surface area contributed by atoms with Gasteiger partial charge in [0.1, 0.15) is 5.75 Å². The van der Waals surface area contributed by atoms with Crippen LogP contribution in [0.25, 0.3) is 0 Å². The van der Waals surface area contributed by atoms with E-state index < -0.39 is 0 Å². The third-order valence-electron chi connectivity index (χ3n) is 6.62. The molecular weight excluding hydrogens is 394 g/mol. The second kappa shape index (κ2) is 7.97. The van der Waals surface area contributed by atoms with E-state index in [-0.39, 0.29) is 5.91 Å². The second-order valence-corrected chi connectivity index (χ2v) is 9.96. The number of hydrogen-bond acceptors (Lipinski definition) is 5. The molecule has 2 saturated carbocycles. The number of thiazole rings is 1. The fourth-order valence-corrected chi connectivity index (χ4v) is 5.53. The van der Waals surface area contributed by atoms with Crippen LogP contribution in [-0.2, 0) is 11.3 Å². The van der Waals surface area contributed by atoms with Crippen molar-refractivity contribution in [3.8, 4) is 5.75 Å². The molecule has 1 amide bonds. The minimum absolute atomic E-state index is 0.109. The Morgan fingerprint density at radius 2 is 1.87 bits per heavy atom. The summed E-state index contributed by atoms with van der Waals surface area (Å²) in [5, 5.41) is 3.02. The zero-order chi connectivity index (χ0) is 20.8. The van der Waals surface area contributed by atoms with Gasteiger partial charge < -0.3 is 4.74 Å². The average Bonchev–Trinajstić information content (AvgIpc) is 3.61. The number of carbonyl (C=O) groups is 1. The molecule has 0 spiro atoms. The Morgan fingerprint density at radius 3 is 2.57 bits per heavy atom. The number of rotatable bonds is 6. The molecule has 6 heteroatoms. The first kappa shape index (κ1) is 20.0. The first-order valence-corrected chi connectivity index (χ1v) is 12.1. The Morgan fingerprint density at radius 1 is 1.13 bits per heavy atom. The standard InChI is InChI=1S/C24H31N3O2S/c1-15-11-21-22(5-4-10-29-23(21)12-16(15)2)26(19-6-7-19)13-18-14-30-24(25-18)27(17(3)28)20-8-9-20/h11-12,14,19-20,22H,4-10,13H2,1-3H3. The highest BCUT2D eigenvalue weighted by molar-refractivity contribution is 7.14. The summed E-state index contributed by atoms with van der Waals surface area (Å²) in [5.74, 6) is 1.17. The number of anilines is 1. The number of nitrogens with zero attached hydrogens (tertiary/aromatic N) is 3. The molecule has 160 valence electrons. The van der Waals surface area contributed by atoms with E-state index in [1.54, 1.807) is 18.3 Å². The Bertz CT molecular complexity index is 948. The zero-order valence-corrected chi connectivity index (χ0v) is 19.0. The molecule has 0 saturated heterocycles. The maximum Gasteiger partial charge on any atom is 0.225 e. The number of hydrogen-bond donors (Lipinski definition) is 0. The Kier molecular flexibility index (Phi) is 5.31. The van der Waals surface area contributed by atoms with Gasteiger partial charge in [-0.1, -0.05) is 6.07 Å². The van der Waals surface area contributed by atoms with Crippen molar-refractivity contribution < 1.29 is 9.53 Å². The molecule has 1 aromatic heterocycles. The van der Waals surface area contributed by atoms with Crippen LogP contribution in [0.3, 0.4) is 0 Å². The van der Waals surface area contributed by atoms with Crippen molar-refractivity contribution in [1.82, 2.24) is 9.88 Å². The van der Waals surface area contributed by atoms with Crippen molar-refractivity contribution in [3.05, 3.63) is 39.9 Å². The van der Waals surface area contributed by atoms with E-state index in [2.05, 4.69) is 36.3 Å². The third kappa shape index (κ3) is 4.00. The molecule has 2 fully saturated rings. The third-order valence-corrected chi connectivity index (χ3v) is 7.51. The molecule has 1 aromatic carbocycles. The zero-order valence-electron chi connectivity index (χ0n) is 18.2. The van der Waals surface area contributed by atoms with E-state index in [0.717, 1.165) is 55.4 Å². The summed E-state index contributed by atoms with van der Waals surface area (Å²) in [4.78, 5) is 21.6. The number of benzene rings is 1. The van der Waals surface area contributed by atoms with Crippen LogP contribution in [0.2, 0.25) is 0 Å². The van der Waals surface area contributed by atoms with Crippen molar-refractivity contribution in [3.63, 3.8) is 0 Å². The molecule has 0 radical (unpaired) electrons. The van der Waals surface area contributed by atoms with Crippen LogP contribution >= 0.6 is 11.3 Å². The predicted molar refractivity (Wildman–Crippen MR) is 120 cm³/mol. The summed E-state index contributed by atoms with van der Waals surface area (Å²) in [6, 6.07) is 5.91. The molecule has 5 nitrogen and oxygen atoms in total.